The lowest BCUT2D eigenvalue weighted by Gasteiger charge is -2.23. The Bertz CT molecular complexity index is 298. The largest absolute Gasteiger partial charge is 0.481 e. The van der Waals surface area contributed by atoms with E-state index in [0.717, 1.165) is 0 Å². The molecular formula is C9H10F2O4. The van der Waals surface area contributed by atoms with Crippen LogP contribution in [0.25, 0.3) is 0 Å². The topological polar surface area (TPSA) is 74.6 Å². The van der Waals surface area contributed by atoms with Gasteiger partial charge in [0.15, 0.2) is 0 Å². The lowest BCUT2D eigenvalue weighted by atomic mass is 9.79. The number of halogens is 2. The Balaban J connectivity index is 2.18. The van der Waals surface area contributed by atoms with Gasteiger partial charge < -0.3 is 10.2 Å². The summed E-state index contributed by atoms with van der Waals surface area (Å²) in [5, 5.41) is 17.5. The molecule has 0 aromatic rings. The number of fused-ring (bicyclic) bond motifs is 1. The van der Waals surface area contributed by atoms with Crippen LogP contribution >= 0.6 is 0 Å². The summed E-state index contributed by atoms with van der Waals surface area (Å²) in [5.74, 6) is -9.61. The van der Waals surface area contributed by atoms with Gasteiger partial charge in [-0.1, -0.05) is 0 Å². The van der Waals surface area contributed by atoms with E-state index in [-0.39, 0.29) is 12.8 Å². The van der Waals surface area contributed by atoms with Gasteiger partial charge in [0, 0.05) is 11.8 Å². The van der Waals surface area contributed by atoms with Crippen LogP contribution < -0.4 is 0 Å². The van der Waals surface area contributed by atoms with E-state index in [1.807, 2.05) is 0 Å². The van der Waals surface area contributed by atoms with E-state index in [2.05, 4.69) is 0 Å². The first-order chi connectivity index (χ1) is 6.85. The molecule has 0 aliphatic heterocycles. The van der Waals surface area contributed by atoms with Gasteiger partial charge in [-0.2, -0.15) is 0 Å². The number of carboxylic acids is 2. The highest BCUT2D eigenvalue weighted by Gasteiger charge is 2.71. The molecule has 15 heavy (non-hydrogen) atoms. The Morgan fingerprint density at radius 1 is 1.00 bits per heavy atom. The van der Waals surface area contributed by atoms with Crippen molar-refractivity contribution in [1.82, 2.24) is 0 Å². The summed E-state index contributed by atoms with van der Waals surface area (Å²) in [6.45, 7) is 0. The van der Waals surface area contributed by atoms with Crippen molar-refractivity contribution >= 4 is 11.9 Å². The molecule has 0 aromatic carbocycles. The summed E-state index contributed by atoms with van der Waals surface area (Å²) >= 11 is 0. The standard InChI is InChI=1S/C9H10F2O4/c10-9(11)5-1-3(7(12)13)4(8(14)15)2-6(5)9/h3-6H,1-2H2,(H,12,13)(H,14,15). The van der Waals surface area contributed by atoms with E-state index in [4.69, 9.17) is 10.2 Å². The van der Waals surface area contributed by atoms with E-state index in [1.165, 1.54) is 0 Å². The van der Waals surface area contributed by atoms with Crippen molar-refractivity contribution in [2.24, 2.45) is 23.7 Å². The fourth-order valence-corrected chi connectivity index (χ4v) is 2.52. The van der Waals surface area contributed by atoms with Crippen LogP contribution in [-0.2, 0) is 9.59 Å². The average Bonchev–Trinajstić information content (AvgIpc) is 2.67. The van der Waals surface area contributed by atoms with Gasteiger partial charge in [-0.25, -0.2) is 8.78 Å². The van der Waals surface area contributed by atoms with E-state index in [9.17, 15) is 18.4 Å². The zero-order chi connectivity index (χ0) is 11.4. The SMILES string of the molecule is O=C(O)C1CC2C(CC1C(=O)O)C2(F)F. The highest BCUT2D eigenvalue weighted by Crippen LogP contribution is 2.64. The molecule has 0 heterocycles. The van der Waals surface area contributed by atoms with Crippen molar-refractivity contribution in [3.8, 4) is 0 Å². The first-order valence-corrected chi connectivity index (χ1v) is 4.69. The normalized spacial score (nSPS) is 41.7. The minimum absolute atomic E-state index is 0.218. The first kappa shape index (κ1) is 10.3. The number of hydrogen-bond donors (Lipinski definition) is 2. The minimum Gasteiger partial charge on any atom is -0.481 e. The van der Waals surface area contributed by atoms with Crippen LogP contribution in [0.3, 0.4) is 0 Å². The third-order valence-corrected chi connectivity index (χ3v) is 3.50. The Kier molecular flexibility index (Phi) is 1.99. The molecular weight excluding hydrogens is 210 g/mol. The van der Waals surface area contributed by atoms with Crippen LogP contribution in [-0.4, -0.2) is 28.1 Å². The molecule has 4 nitrogen and oxygen atoms in total. The molecule has 2 saturated carbocycles. The second-order valence-electron chi connectivity index (χ2n) is 4.25. The number of carboxylic acid groups (broad SMARTS) is 2. The van der Waals surface area contributed by atoms with Crippen molar-refractivity contribution in [1.29, 1.82) is 0 Å². The molecule has 0 bridgehead atoms. The van der Waals surface area contributed by atoms with Gasteiger partial charge in [0.2, 0.25) is 0 Å². The molecule has 2 aliphatic carbocycles. The highest BCUT2D eigenvalue weighted by molar-refractivity contribution is 5.80. The van der Waals surface area contributed by atoms with Gasteiger partial charge in [0.05, 0.1) is 11.8 Å². The molecule has 2 fully saturated rings. The van der Waals surface area contributed by atoms with Crippen LogP contribution in [0.2, 0.25) is 0 Å². The Morgan fingerprint density at radius 2 is 1.33 bits per heavy atom. The van der Waals surface area contributed by atoms with Crippen molar-refractivity contribution in [2.45, 2.75) is 18.8 Å². The highest BCUT2D eigenvalue weighted by atomic mass is 19.3. The molecule has 0 radical (unpaired) electrons. The zero-order valence-corrected chi connectivity index (χ0v) is 7.69. The van der Waals surface area contributed by atoms with Gasteiger partial charge in [-0.15, -0.1) is 0 Å². The Hall–Kier alpha value is -1.20. The van der Waals surface area contributed by atoms with Crippen LogP contribution in [0.4, 0.5) is 8.78 Å². The molecule has 4 atom stereocenters. The second-order valence-corrected chi connectivity index (χ2v) is 4.25. The monoisotopic (exact) mass is 220 g/mol. The summed E-state index contributed by atoms with van der Waals surface area (Å²) in [6, 6.07) is 0. The van der Waals surface area contributed by atoms with Crippen LogP contribution in [0.15, 0.2) is 0 Å². The number of rotatable bonds is 2. The van der Waals surface area contributed by atoms with Crippen LogP contribution in [0.1, 0.15) is 12.8 Å². The Morgan fingerprint density at radius 3 is 1.60 bits per heavy atom. The fourth-order valence-electron chi connectivity index (χ4n) is 2.52. The summed E-state index contributed by atoms with van der Waals surface area (Å²) in [4.78, 5) is 21.5. The van der Waals surface area contributed by atoms with E-state index < -0.39 is 41.5 Å². The quantitative estimate of drug-likeness (QED) is 0.729. The molecule has 84 valence electrons. The van der Waals surface area contributed by atoms with Crippen LogP contribution in [0, 0.1) is 23.7 Å². The average molecular weight is 220 g/mol. The molecule has 0 saturated heterocycles. The van der Waals surface area contributed by atoms with Crippen molar-refractivity contribution < 1.29 is 28.6 Å². The maximum absolute atomic E-state index is 13.0. The van der Waals surface area contributed by atoms with Gasteiger partial charge in [0.25, 0.3) is 5.92 Å². The van der Waals surface area contributed by atoms with Gasteiger partial charge in [-0.05, 0) is 12.8 Å². The minimum atomic E-state index is -2.85. The Labute approximate surface area is 83.9 Å². The lowest BCUT2D eigenvalue weighted by molar-refractivity contribution is -0.155. The fraction of sp³-hybridized carbons (Fsp3) is 0.778. The van der Waals surface area contributed by atoms with E-state index >= 15 is 0 Å². The molecule has 4 unspecified atom stereocenters. The summed E-state index contributed by atoms with van der Waals surface area (Å²) in [6.07, 6.45) is -0.437. The third-order valence-electron chi connectivity index (χ3n) is 3.50. The number of hydrogen-bond acceptors (Lipinski definition) is 2. The first-order valence-electron chi connectivity index (χ1n) is 4.69. The summed E-state index contributed by atoms with van der Waals surface area (Å²) in [5.41, 5.74) is 0. The zero-order valence-electron chi connectivity index (χ0n) is 7.69. The van der Waals surface area contributed by atoms with Crippen molar-refractivity contribution in [3.63, 3.8) is 0 Å². The number of carbonyl (C=O) groups is 2. The maximum Gasteiger partial charge on any atom is 0.307 e. The van der Waals surface area contributed by atoms with Gasteiger partial charge in [-0.3, -0.25) is 9.59 Å². The van der Waals surface area contributed by atoms with Gasteiger partial charge >= 0.3 is 11.9 Å². The second kappa shape index (κ2) is 2.90. The van der Waals surface area contributed by atoms with Gasteiger partial charge in [0.1, 0.15) is 0 Å². The third kappa shape index (κ3) is 1.39. The number of alkyl halides is 2. The maximum atomic E-state index is 13.0. The van der Waals surface area contributed by atoms with Crippen molar-refractivity contribution in [3.05, 3.63) is 0 Å². The van der Waals surface area contributed by atoms with E-state index in [0.29, 0.717) is 0 Å². The van der Waals surface area contributed by atoms with Crippen LogP contribution in [0.5, 0.6) is 0 Å². The molecule has 0 amide bonds. The molecule has 2 aliphatic rings. The molecule has 2 N–H and O–H groups in total. The van der Waals surface area contributed by atoms with Crippen molar-refractivity contribution in [2.75, 3.05) is 0 Å². The molecule has 0 spiro atoms. The summed E-state index contributed by atoms with van der Waals surface area (Å²) < 4.78 is 26.0. The van der Waals surface area contributed by atoms with E-state index in [1.54, 1.807) is 0 Å². The summed E-state index contributed by atoms with van der Waals surface area (Å²) in [7, 11) is 0. The smallest absolute Gasteiger partial charge is 0.307 e. The number of aliphatic carboxylic acids is 2. The molecule has 2 rings (SSSR count). The lowest BCUT2D eigenvalue weighted by Crippen LogP contribution is -2.33. The predicted molar refractivity (Wildman–Crippen MR) is 43.4 cm³/mol. The molecule has 0 aromatic heterocycles. The molecule has 6 heteroatoms. The predicted octanol–water partition coefficient (Wildman–Crippen LogP) is 1.06.